The molecular formula is C24H32N2O4S. The second-order valence-corrected chi connectivity index (χ2v) is 10.2. The van der Waals surface area contributed by atoms with Crippen molar-refractivity contribution in [2.24, 2.45) is 0 Å². The Bertz CT molecular complexity index is 995. The van der Waals surface area contributed by atoms with Gasteiger partial charge in [-0.1, -0.05) is 36.6 Å². The molecule has 1 aliphatic heterocycles. The van der Waals surface area contributed by atoms with Gasteiger partial charge in [-0.05, 0) is 63.4 Å². The van der Waals surface area contributed by atoms with Gasteiger partial charge in [0.15, 0.2) is 0 Å². The minimum atomic E-state index is -3.61. The third-order valence-corrected chi connectivity index (χ3v) is 7.45. The predicted octanol–water partition coefficient (Wildman–Crippen LogP) is 4.07. The summed E-state index contributed by atoms with van der Waals surface area (Å²) in [5, 5.41) is 2.91. The Balaban J connectivity index is 1.68. The predicted molar refractivity (Wildman–Crippen MR) is 122 cm³/mol. The van der Waals surface area contributed by atoms with Gasteiger partial charge in [0.25, 0.3) is 5.91 Å². The van der Waals surface area contributed by atoms with E-state index in [-0.39, 0.29) is 16.8 Å². The van der Waals surface area contributed by atoms with Crippen molar-refractivity contribution >= 4 is 15.9 Å². The highest BCUT2D eigenvalue weighted by atomic mass is 32.2. The summed E-state index contributed by atoms with van der Waals surface area (Å²) >= 11 is 0. The summed E-state index contributed by atoms with van der Waals surface area (Å²) in [4.78, 5) is 13.0. The number of aryl methyl sites for hydroxylation is 2. The summed E-state index contributed by atoms with van der Waals surface area (Å²) < 4.78 is 33.5. The summed E-state index contributed by atoms with van der Waals surface area (Å²) in [6.07, 6.45) is 3.85. The molecule has 0 unspecified atom stereocenters. The Morgan fingerprint density at radius 3 is 2.32 bits per heavy atom. The van der Waals surface area contributed by atoms with Crippen molar-refractivity contribution in [1.82, 2.24) is 9.62 Å². The standard InChI is InChI=1S/C24H32N2O4S/c1-18-8-11-21(12-9-18)30-17-20(3)25-24(27)23-16-22(13-10-19(23)2)31(28,29)26-14-6-4-5-7-15-26/h8-13,16,20H,4-7,14-15,17H2,1-3H3,(H,25,27)/t20-/m1/s1. The van der Waals surface area contributed by atoms with Crippen molar-refractivity contribution in [3.63, 3.8) is 0 Å². The molecule has 0 bridgehead atoms. The summed E-state index contributed by atoms with van der Waals surface area (Å²) in [7, 11) is -3.61. The van der Waals surface area contributed by atoms with Crippen LogP contribution in [0.5, 0.6) is 5.75 Å². The largest absolute Gasteiger partial charge is 0.491 e. The topological polar surface area (TPSA) is 75.7 Å². The van der Waals surface area contributed by atoms with Gasteiger partial charge in [-0.15, -0.1) is 0 Å². The van der Waals surface area contributed by atoms with Crippen LogP contribution in [0.1, 0.15) is 54.1 Å². The second-order valence-electron chi connectivity index (χ2n) is 8.29. The van der Waals surface area contributed by atoms with E-state index in [0.29, 0.717) is 25.3 Å². The number of sulfonamides is 1. The maximum atomic E-state index is 13.1. The van der Waals surface area contributed by atoms with E-state index in [4.69, 9.17) is 4.74 Å². The van der Waals surface area contributed by atoms with E-state index in [2.05, 4.69) is 5.32 Å². The SMILES string of the molecule is Cc1ccc(OC[C@@H](C)NC(=O)c2cc(S(=O)(=O)N3CCCCCC3)ccc2C)cc1. The van der Waals surface area contributed by atoms with Gasteiger partial charge in [0, 0.05) is 18.7 Å². The first kappa shape index (κ1) is 23.3. The Hall–Kier alpha value is -2.38. The number of ether oxygens (including phenoxy) is 1. The van der Waals surface area contributed by atoms with Crippen molar-refractivity contribution in [3.8, 4) is 5.75 Å². The number of carbonyl (C=O) groups is 1. The molecule has 0 aliphatic carbocycles. The van der Waals surface area contributed by atoms with Crippen molar-refractivity contribution in [2.75, 3.05) is 19.7 Å². The molecule has 31 heavy (non-hydrogen) atoms. The maximum absolute atomic E-state index is 13.1. The molecule has 0 aromatic heterocycles. The van der Waals surface area contributed by atoms with Gasteiger partial charge in [-0.25, -0.2) is 8.42 Å². The van der Waals surface area contributed by atoms with Crippen molar-refractivity contribution in [2.45, 2.75) is 57.4 Å². The molecule has 1 saturated heterocycles. The Morgan fingerprint density at radius 2 is 1.68 bits per heavy atom. The van der Waals surface area contributed by atoms with E-state index in [1.54, 1.807) is 16.4 Å². The molecule has 1 fully saturated rings. The minimum absolute atomic E-state index is 0.175. The van der Waals surface area contributed by atoms with E-state index < -0.39 is 10.0 Å². The van der Waals surface area contributed by atoms with Crippen LogP contribution in [0.4, 0.5) is 0 Å². The van der Waals surface area contributed by atoms with Gasteiger partial charge < -0.3 is 10.1 Å². The Kier molecular flexibility index (Phi) is 7.73. The van der Waals surface area contributed by atoms with Gasteiger partial charge in [0.1, 0.15) is 12.4 Å². The van der Waals surface area contributed by atoms with Gasteiger partial charge in [-0.3, -0.25) is 4.79 Å². The first-order valence-electron chi connectivity index (χ1n) is 10.9. The second kappa shape index (κ2) is 10.3. The molecule has 0 saturated carbocycles. The van der Waals surface area contributed by atoms with E-state index >= 15 is 0 Å². The van der Waals surface area contributed by atoms with Crippen LogP contribution in [0, 0.1) is 13.8 Å². The van der Waals surface area contributed by atoms with Crippen LogP contribution in [0.15, 0.2) is 47.4 Å². The highest BCUT2D eigenvalue weighted by Crippen LogP contribution is 2.23. The van der Waals surface area contributed by atoms with E-state index in [0.717, 1.165) is 42.6 Å². The number of hydrogen-bond acceptors (Lipinski definition) is 4. The summed E-state index contributed by atoms with van der Waals surface area (Å²) in [5.74, 6) is 0.443. The molecular weight excluding hydrogens is 412 g/mol. The van der Waals surface area contributed by atoms with Crippen molar-refractivity contribution < 1.29 is 17.9 Å². The molecule has 168 valence electrons. The molecule has 7 heteroatoms. The van der Waals surface area contributed by atoms with Crippen LogP contribution in [0.2, 0.25) is 0 Å². The number of amides is 1. The lowest BCUT2D eigenvalue weighted by Crippen LogP contribution is -2.37. The van der Waals surface area contributed by atoms with Gasteiger partial charge >= 0.3 is 0 Å². The fourth-order valence-corrected chi connectivity index (χ4v) is 5.18. The van der Waals surface area contributed by atoms with Crippen LogP contribution >= 0.6 is 0 Å². The van der Waals surface area contributed by atoms with E-state index in [1.165, 1.54) is 6.07 Å². The monoisotopic (exact) mass is 444 g/mol. The maximum Gasteiger partial charge on any atom is 0.251 e. The van der Waals surface area contributed by atoms with Crippen molar-refractivity contribution in [3.05, 3.63) is 59.2 Å². The molecule has 0 radical (unpaired) electrons. The normalized spacial score (nSPS) is 16.4. The third kappa shape index (κ3) is 6.08. The Labute approximate surface area is 185 Å². The molecule has 0 spiro atoms. The fraction of sp³-hybridized carbons (Fsp3) is 0.458. The molecule has 1 heterocycles. The zero-order valence-electron chi connectivity index (χ0n) is 18.6. The van der Waals surface area contributed by atoms with Crippen LogP contribution in [-0.2, 0) is 10.0 Å². The molecule has 1 N–H and O–H groups in total. The molecule has 3 rings (SSSR count). The first-order valence-corrected chi connectivity index (χ1v) is 12.3. The molecule has 6 nitrogen and oxygen atoms in total. The summed E-state index contributed by atoms with van der Waals surface area (Å²) in [5.41, 5.74) is 2.26. The van der Waals surface area contributed by atoms with Crippen LogP contribution in [0.25, 0.3) is 0 Å². The third-order valence-electron chi connectivity index (χ3n) is 5.55. The average Bonchev–Trinajstić information content (AvgIpc) is 3.03. The van der Waals surface area contributed by atoms with Crippen LogP contribution in [0.3, 0.4) is 0 Å². The fourth-order valence-electron chi connectivity index (χ4n) is 3.64. The number of hydrogen-bond donors (Lipinski definition) is 1. The van der Waals surface area contributed by atoms with Gasteiger partial charge in [-0.2, -0.15) is 4.31 Å². The quantitative estimate of drug-likeness (QED) is 0.699. The lowest BCUT2D eigenvalue weighted by atomic mass is 10.1. The van der Waals surface area contributed by atoms with Crippen LogP contribution in [-0.4, -0.2) is 44.4 Å². The summed E-state index contributed by atoms with van der Waals surface area (Å²) in [6, 6.07) is 12.3. The van der Waals surface area contributed by atoms with E-state index in [9.17, 15) is 13.2 Å². The number of benzene rings is 2. The lowest BCUT2D eigenvalue weighted by Gasteiger charge is -2.21. The zero-order valence-corrected chi connectivity index (χ0v) is 19.4. The highest BCUT2D eigenvalue weighted by Gasteiger charge is 2.26. The molecule has 1 amide bonds. The highest BCUT2D eigenvalue weighted by molar-refractivity contribution is 7.89. The first-order chi connectivity index (χ1) is 14.8. The smallest absolute Gasteiger partial charge is 0.251 e. The van der Waals surface area contributed by atoms with Crippen LogP contribution < -0.4 is 10.1 Å². The average molecular weight is 445 g/mol. The molecule has 1 atom stereocenters. The molecule has 2 aromatic rings. The number of nitrogens with one attached hydrogen (secondary N) is 1. The lowest BCUT2D eigenvalue weighted by molar-refractivity contribution is 0.0926. The molecule has 1 aliphatic rings. The minimum Gasteiger partial charge on any atom is -0.491 e. The molecule has 2 aromatic carbocycles. The summed E-state index contributed by atoms with van der Waals surface area (Å²) in [6.45, 7) is 7.07. The van der Waals surface area contributed by atoms with Gasteiger partial charge in [0.2, 0.25) is 10.0 Å². The zero-order chi connectivity index (χ0) is 22.4. The van der Waals surface area contributed by atoms with E-state index in [1.807, 2.05) is 45.0 Å². The number of rotatable bonds is 7. The number of nitrogens with zero attached hydrogens (tertiary/aromatic N) is 1. The van der Waals surface area contributed by atoms with Gasteiger partial charge in [0.05, 0.1) is 10.9 Å². The number of carbonyl (C=O) groups excluding carboxylic acids is 1. The van der Waals surface area contributed by atoms with Crippen molar-refractivity contribution in [1.29, 1.82) is 0 Å². The Morgan fingerprint density at radius 1 is 1.03 bits per heavy atom.